The molecular formula is C20H22FN2O2S+. The minimum absolute atomic E-state index is 0.0616. The zero-order valence-electron chi connectivity index (χ0n) is 14.8. The highest BCUT2D eigenvalue weighted by Gasteiger charge is 2.20. The number of aryl methyl sites for hydroxylation is 1. The number of carbonyl (C=O) groups excluding carboxylic acids is 1. The van der Waals surface area contributed by atoms with Crippen LogP contribution in [0, 0.1) is 12.7 Å². The first-order valence-electron chi connectivity index (χ1n) is 8.46. The Morgan fingerprint density at radius 3 is 2.62 bits per heavy atom. The number of hydrogen-bond acceptors (Lipinski definition) is 3. The number of likely N-dealkylation sites (N-methyl/N-ethyl adjacent to an activating group) is 1. The van der Waals surface area contributed by atoms with E-state index < -0.39 is 0 Å². The molecule has 1 aromatic carbocycles. The van der Waals surface area contributed by atoms with Gasteiger partial charge in [-0.05, 0) is 48.2 Å². The van der Waals surface area contributed by atoms with Crippen molar-refractivity contribution in [2.24, 2.45) is 0 Å². The third-order valence-electron chi connectivity index (χ3n) is 4.07. The predicted octanol–water partition coefficient (Wildman–Crippen LogP) is 2.71. The Bertz CT molecular complexity index is 843. The minimum Gasteiger partial charge on any atom is -0.460 e. The fourth-order valence-electron chi connectivity index (χ4n) is 2.86. The van der Waals surface area contributed by atoms with Crippen LogP contribution in [0.3, 0.4) is 0 Å². The summed E-state index contributed by atoms with van der Waals surface area (Å²) in [4.78, 5) is 14.6. The van der Waals surface area contributed by atoms with Gasteiger partial charge in [0.1, 0.15) is 18.1 Å². The highest BCUT2D eigenvalue weighted by atomic mass is 32.1. The number of furan rings is 1. The van der Waals surface area contributed by atoms with E-state index in [1.807, 2.05) is 43.6 Å². The summed E-state index contributed by atoms with van der Waals surface area (Å²) in [5, 5.41) is 5.04. The summed E-state index contributed by atoms with van der Waals surface area (Å²) in [5.74, 6) is 1.38. The van der Waals surface area contributed by atoms with E-state index in [0.29, 0.717) is 13.1 Å². The Morgan fingerprint density at radius 2 is 2.00 bits per heavy atom. The van der Waals surface area contributed by atoms with Crippen molar-refractivity contribution in [1.29, 1.82) is 0 Å². The molecule has 0 aliphatic carbocycles. The van der Waals surface area contributed by atoms with Crippen LogP contribution in [0.25, 0.3) is 0 Å². The number of benzene rings is 1. The number of quaternary nitrogens is 1. The van der Waals surface area contributed by atoms with Gasteiger partial charge in [0.2, 0.25) is 0 Å². The molecule has 2 N–H and O–H groups in total. The van der Waals surface area contributed by atoms with E-state index >= 15 is 0 Å². The number of halogens is 1. The van der Waals surface area contributed by atoms with E-state index in [1.54, 1.807) is 23.5 Å². The number of rotatable bonds is 7. The summed E-state index contributed by atoms with van der Waals surface area (Å²) in [7, 11) is 1.95. The molecule has 1 amide bonds. The van der Waals surface area contributed by atoms with Crippen LogP contribution in [0.2, 0.25) is 0 Å². The van der Waals surface area contributed by atoms with Crippen molar-refractivity contribution in [2.45, 2.75) is 19.5 Å². The molecule has 0 aliphatic rings. The largest absolute Gasteiger partial charge is 0.460 e. The monoisotopic (exact) mass is 373 g/mol. The van der Waals surface area contributed by atoms with E-state index in [2.05, 4.69) is 5.32 Å². The SMILES string of the molecule is Cc1ccc(C[NH+](C)CC(=O)N[C@H](c2ccc(F)cc2)c2cccs2)o1. The lowest BCUT2D eigenvalue weighted by Crippen LogP contribution is -3.08. The molecule has 1 unspecified atom stereocenters. The summed E-state index contributed by atoms with van der Waals surface area (Å²) in [6.45, 7) is 2.87. The molecule has 0 saturated carbocycles. The van der Waals surface area contributed by atoms with Crippen molar-refractivity contribution >= 4 is 17.2 Å². The van der Waals surface area contributed by atoms with Crippen LogP contribution < -0.4 is 10.2 Å². The molecule has 2 atom stereocenters. The lowest BCUT2D eigenvalue weighted by molar-refractivity contribution is -0.886. The van der Waals surface area contributed by atoms with Crippen molar-refractivity contribution in [2.75, 3.05) is 13.6 Å². The molecule has 6 heteroatoms. The average Bonchev–Trinajstić information content (AvgIpc) is 3.25. The Balaban J connectivity index is 1.66. The molecule has 3 aromatic rings. The molecule has 26 heavy (non-hydrogen) atoms. The van der Waals surface area contributed by atoms with Gasteiger partial charge in [-0.1, -0.05) is 18.2 Å². The third-order valence-corrected chi connectivity index (χ3v) is 5.01. The lowest BCUT2D eigenvalue weighted by atomic mass is 10.1. The maximum atomic E-state index is 13.2. The minimum atomic E-state index is -0.289. The van der Waals surface area contributed by atoms with Gasteiger partial charge in [-0.2, -0.15) is 0 Å². The molecule has 4 nitrogen and oxygen atoms in total. The normalized spacial score (nSPS) is 13.3. The van der Waals surface area contributed by atoms with Crippen molar-refractivity contribution in [3.8, 4) is 0 Å². The number of thiophene rings is 1. The highest BCUT2D eigenvalue weighted by Crippen LogP contribution is 2.26. The van der Waals surface area contributed by atoms with E-state index in [4.69, 9.17) is 4.42 Å². The van der Waals surface area contributed by atoms with Crippen molar-refractivity contribution in [3.05, 3.63) is 81.7 Å². The smallest absolute Gasteiger partial charge is 0.275 e. The van der Waals surface area contributed by atoms with Crippen LogP contribution in [-0.2, 0) is 11.3 Å². The van der Waals surface area contributed by atoms with Gasteiger partial charge in [0.25, 0.3) is 5.91 Å². The summed E-state index contributed by atoms with van der Waals surface area (Å²) >= 11 is 1.57. The molecule has 0 fully saturated rings. The number of nitrogens with one attached hydrogen (secondary N) is 2. The van der Waals surface area contributed by atoms with Crippen molar-refractivity contribution in [1.82, 2.24) is 5.32 Å². The second kappa shape index (κ2) is 8.29. The molecular weight excluding hydrogens is 351 g/mol. The van der Waals surface area contributed by atoms with Crippen LogP contribution in [0.15, 0.2) is 58.3 Å². The first kappa shape index (κ1) is 18.4. The van der Waals surface area contributed by atoms with Crippen LogP contribution in [-0.4, -0.2) is 19.5 Å². The first-order valence-corrected chi connectivity index (χ1v) is 9.34. The van der Waals surface area contributed by atoms with E-state index in [-0.39, 0.29) is 17.8 Å². The summed E-state index contributed by atoms with van der Waals surface area (Å²) in [6, 6.07) is 13.7. The number of carbonyl (C=O) groups is 1. The van der Waals surface area contributed by atoms with Crippen LogP contribution in [0.5, 0.6) is 0 Å². The predicted molar refractivity (Wildman–Crippen MR) is 99.6 cm³/mol. The molecule has 0 radical (unpaired) electrons. The summed E-state index contributed by atoms with van der Waals surface area (Å²) in [5.41, 5.74) is 0.863. The molecule has 2 heterocycles. The Labute approximate surface area is 156 Å². The quantitative estimate of drug-likeness (QED) is 0.669. The Kier molecular flexibility index (Phi) is 5.85. The summed E-state index contributed by atoms with van der Waals surface area (Å²) in [6.07, 6.45) is 0. The van der Waals surface area contributed by atoms with Gasteiger partial charge in [0.15, 0.2) is 12.3 Å². The van der Waals surface area contributed by atoms with Crippen LogP contribution >= 0.6 is 11.3 Å². The highest BCUT2D eigenvalue weighted by molar-refractivity contribution is 7.10. The van der Waals surface area contributed by atoms with Gasteiger partial charge < -0.3 is 14.6 Å². The lowest BCUT2D eigenvalue weighted by Gasteiger charge is -2.19. The van der Waals surface area contributed by atoms with Gasteiger partial charge in [-0.25, -0.2) is 4.39 Å². The molecule has 2 aromatic heterocycles. The van der Waals surface area contributed by atoms with Crippen LogP contribution in [0.1, 0.15) is 28.0 Å². The molecule has 0 saturated heterocycles. The van der Waals surface area contributed by atoms with Crippen molar-refractivity contribution in [3.63, 3.8) is 0 Å². The van der Waals surface area contributed by atoms with Crippen LogP contribution in [0.4, 0.5) is 4.39 Å². The molecule has 0 bridgehead atoms. The molecule has 3 rings (SSSR count). The molecule has 0 spiro atoms. The summed E-state index contributed by atoms with van der Waals surface area (Å²) < 4.78 is 18.8. The standard InChI is InChI=1S/C20H21FN2O2S/c1-14-5-10-17(25-14)12-23(2)13-19(24)22-20(18-4-3-11-26-18)15-6-8-16(21)9-7-15/h3-11,20H,12-13H2,1-2H3,(H,22,24)/p+1/t20-/m1/s1. The van der Waals surface area contributed by atoms with Crippen molar-refractivity contribution < 1.29 is 18.5 Å². The number of amides is 1. The van der Waals surface area contributed by atoms with E-state index in [0.717, 1.165) is 26.9 Å². The third kappa shape index (κ3) is 4.80. The maximum Gasteiger partial charge on any atom is 0.275 e. The zero-order valence-corrected chi connectivity index (χ0v) is 15.6. The second-order valence-corrected chi connectivity index (χ2v) is 7.37. The van der Waals surface area contributed by atoms with E-state index in [1.165, 1.54) is 12.1 Å². The molecule has 0 aliphatic heterocycles. The van der Waals surface area contributed by atoms with Gasteiger partial charge in [0, 0.05) is 4.88 Å². The van der Waals surface area contributed by atoms with Gasteiger partial charge in [-0.15, -0.1) is 11.3 Å². The topological polar surface area (TPSA) is 46.7 Å². The maximum absolute atomic E-state index is 13.2. The second-order valence-electron chi connectivity index (χ2n) is 6.39. The molecule has 136 valence electrons. The Morgan fingerprint density at radius 1 is 1.23 bits per heavy atom. The van der Waals surface area contributed by atoms with E-state index in [9.17, 15) is 9.18 Å². The first-order chi connectivity index (χ1) is 12.5. The average molecular weight is 373 g/mol. The fraction of sp³-hybridized carbons (Fsp3) is 0.250. The van der Waals surface area contributed by atoms with Gasteiger partial charge in [-0.3, -0.25) is 4.79 Å². The fourth-order valence-corrected chi connectivity index (χ4v) is 3.66. The Hall–Kier alpha value is -2.44. The van der Waals surface area contributed by atoms with Gasteiger partial charge in [0.05, 0.1) is 13.1 Å². The zero-order chi connectivity index (χ0) is 18.5. The number of hydrogen-bond donors (Lipinski definition) is 2. The van der Waals surface area contributed by atoms with Gasteiger partial charge >= 0.3 is 0 Å².